The zero-order valence-corrected chi connectivity index (χ0v) is 19.5. The first-order chi connectivity index (χ1) is 16.1. The Balaban J connectivity index is 1.44. The molecule has 8 heteroatoms. The zero-order chi connectivity index (χ0) is 23.0. The molecule has 2 aromatic carbocycles. The van der Waals surface area contributed by atoms with Crippen molar-refractivity contribution in [3.05, 3.63) is 60.8 Å². The number of anilines is 5. The number of benzene rings is 2. The van der Waals surface area contributed by atoms with Crippen LogP contribution in [0.25, 0.3) is 0 Å². The predicted molar refractivity (Wildman–Crippen MR) is 138 cm³/mol. The van der Waals surface area contributed by atoms with Crippen LogP contribution in [-0.4, -0.2) is 60.5 Å². The molecule has 1 aromatic heterocycles. The molecule has 0 radical (unpaired) electrons. The lowest BCUT2D eigenvalue weighted by Gasteiger charge is -2.34. The van der Waals surface area contributed by atoms with E-state index in [1.54, 1.807) is 12.5 Å². The van der Waals surface area contributed by atoms with Gasteiger partial charge in [0, 0.05) is 49.3 Å². The van der Waals surface area contributed by atoms with Crippen molar-refractivity contribution in [2.45, 2.75) is 19.9 Å². The van der Waals surface area contributed by atoms with E-state index in [1.165, 1.54) is 5.69 Å². The monoisotopic (exact) mass is 444 g/mol. The Bertz CT molecular complexity index is 1040. The molecule has 8 nitrogen and oxygen atoms in total. The Morgan fingerprint density at radius 3 is 2.36 bits per heavy atom. The lowest BCUT2D eigenvalue weighted by Crippen LogP contribution is -2.44. The van der Waals surface area contributed by atoms with Gasteiger partial charge in [-0.2, -0.15) is 4.98 Å². The van der Waals surface area contributed by atoms with Crippen molar-refractivity contribution < 1.29 is 0 Å². The molecule has 0 atom stereocenters. The molecule has 1 aliphatic rings. The second-order valence-corrected chi connectivity index (χ2v) is 8.46. The van der Waals surface area contributed by atoms with Gasteiger partial charge in [0.15, 0.2) is 5.82 Å². The quantitative estimate of drug-likeness (QED) is 0.347. The third-order valence-corrected chi connectivity index (χ3v) is 5.40. The summed E-state index contributed by atoms with van der Waals surface area (Å²) in [4.78, 5) is 18.4. The number of nitrogens with zero attached hydrogens (tertiary/aromatic N) is 5. The van der Waals surface area contributed by atoms with Gasteiger partial charge in [-0.25, -0.2) is 9.98 Å². The molecule has 3 aromatic rings. The lowest BCUT2D eigenvalue weighted by molar-refractivity contribution is 0.313. The van der Waals surface area contributed by atoms with Gasteiger partial charge in [-0.3, -0.25) is 0 Å². The van der Waals surface area contributed by atoms with Crippen molar-refractivity contribution >= 4 is 40.9 Å². The normalized spacial score (nSPS) is 14.6. The van der Waals surface area contributed by atoms with Crippen LogP contribution >= 0.6 is 0 Å². The Morgan fingerprint density at radius 2 is 1.67 bits per heavy atom. The van der Waals surface area contributed by atoms with Gasteiger partial charge in [-0.1, -0.05) is 18.2 Å². The molecule has 0 aliphatic carbocycles. The molecule has 3 N–H and O–H groups in total. The summed E-state index contributed by atoms with van der Waals surface area (Å²) in [5, 5.41) is 9.83. The number of aliphatic imine (C=N–C) groups is 1. The van der Waals surface area contributed by atoms with Crippen LogP contribution in [0.3, 0.4) is 0 Å². The highest BCUT2D eigenvalue weighted by Crippen LogP contribution is 2.26. The number of piperazine rings is 1. The highest BCUT2D eigenvalue weighted by Gasteiger charge is 2.14. The largest absolute Gasteiger partial charge is 0.369 e. The van der Waals surface area contributed by atoms with Gasteiger partial charge in [0.2, 0.25) is 5.95 Å². The Morgan fingerprint density at radius 1 is 0.939 bits per heavy atom. The van der Waals surface area contributed by atoms with Crippen molar-refractivity contribution in [3.8, 4) is 0 Å². The number of nitrogens with one attached hydrogen (secondary N) is 3. The molecule has 1 saturated heterocycles. The zero-order valence-electron chi connectivity index (χ0n) is 19.5. The number of rotatable bonds is 8. The van der Waals surface area contributed by atoms with Gasteiger partial charge in [0.25, 0.3) is 0 Å². The maximum atomic E-state index is 4.66. The standard InChI is InChI=1S/C25H32N8/c1-19(2)29-24-23(28-18-27-20-7-5-4-6-8-20)17-26-25(31-24)30-21-9-11-22(12-10-21)33-15-13-32(3)14-16-33/h4-12,17-19H,13-16H2,1-3H3,(H,27,28)(H2,26,29,30,31). The van der Waals surface area contributed by atoms with Crippen molar-refractivity contribution in [2.24, 2.45) is 4.99 Å². The van der Waals surface area contributed by atoms with Crippen molar-refractivity contribution in [1.29, 1.82) is 0 Å². The summed E-state index contributed by atoms with van der Waals surface area (Å²) < 4.78 is 0. The van der Waals surface area contributed by atoms with E-state index in [9.17, 15) is 0 Å². The minimum absolute atomic E-state index is 0.214. The summed E-state index contributed by atoms with van der Waals surface area (Å²) in [5.41, 5.74) is 3.83. The van der Waals surface area contributed by atoms with Crippen molar-refractivity contribution in [2.75, 3.05) is 54.1 Å². The Hall–Kier alpha value is -3.65. The van der Waals surface area contributed by atoms with E-state index in [2.05, 4.69) is 85.9 Å². The first-order valence-corrected chi connectivity index (χ1v) is 11.3. The number of para-hydroxylation sites is 1. The predicted octanol–water partition coefficient (Wildman–Crippen LogP) is 4.56. The van der Waals surface area contributed by atoms with Gasteiger partial charge in [-0.05, 0) is 57.3 Å². The fourth-order valence-corrected chi connectivity index (χ4v) is 3.57. The van der Waals surface area contributed by atoms with Gasteiger partial charge in [0.1, 0.15) is 5.69 Å². The van der Waals surface area contributed by atoms with Gasteiger partial charge in [-0.15, -0.1) is 0 Å². The van der Waals surface area contributed by atoms with Crippen LogP contribution in [0.15, 0.2) is 65.8 Å². The molecular formula is C25H32N8. The topological polar surface area (TPSA) is 80.7 Å². The van der Waals surface area contributed by atoms with E-state index < -0.39 is 0 Å². The molecule has 4 rings (SSSR count). The van der Waals surface area contributed by atoms with Crippen LogP contribution in [0.1, 0.15) is 13.8 Å². The molecule has 0 amide bonds. The van der Waals surface area contributed by atoms with E-state index in [4.69, 9.17) is 0 Å². The summed E-state index contributed by atoms with van der Waals surface area (Å²) >= 11 is 0. The first-order valence-electron chi connectivity index (χ1n) is 11.3. The number of likely N-dealkylation sites (N-methyl/N-ethyl adjacent to an activating group) is 1. The molecule has 1 fully saturated rings. The Labute approximate surface area is 195 Å². The smallest absolute Gasteiger partial charge is 0.229 e. The summed E-state index contributed by atoms with van der Waals surface area (Å²) in [7, 11) is 2.17. The van der Waals surface area contributed by atoms with Crippen LogP contribution in [0, 0.1) is 0 Å². The van der Waals surface area contributed by atoms with E-state index in [0.29, 0.717) is 17.5 Å². The maximum absolute atomic E-state index is 4.66. The van der Waals surface area contributed by atoms with Gasteiger partial charge >= 0.3 is 0 Å². The molecule has 0 saturated carbocycles. The average molecular weight is 445 g/mol. The van der Waals surface area contributed by atoms with E-state index in [0.717, 1.165) is 37.6 Å². The third-order valence-electron chi connectivity index (χ3n) is 5.40. The van der Waals surface area contributed by atoms with Crippen LogP contribution in [0.5, 0.6) is 0 Å². The summed E-state index contributed by atoms with van der Waals surface area (Å²) in [6, 6.07) is 18.6. The number of aromatic nitrogens is 2. The summed E-state index contributed by atoms with van der Waals surface area (Å²) in [5.74, 6) is 1.21. The van der Waals surface area contributed by atoms with E-state index >= 15 is 0 Å². The van der Waals surface area contributed by atoms with Crippen molar-refractivity contribution in [1.82, 2.24) is 14.9 Å². The highest BCUT2D eigenvalue weighted by atomic mass is 15.2. The van der Waals surface area contributed by atoms with Gasteiger partial charge < -0.3 is 25.8 Å². The maximum Gasteiger partial charge on any atom is 0.229 e. The van der Waals surface area contributed by atoms with Crippen LogP contribution in [0.4, 0.5) is 34.5 Å². The van der Waals surface area contributed by atoms with Crippen molar-refractivity contribution in [3.63, 3.8) is 0 Å². The molecule has 0 bridgehead atoms. The second-order valence-electron chi connectivity index (χ2n) is 8.46. The number of hydrogen-bond acceptors (Lipinski definition) is 7. The molecule has 172 valence electrons. The third kappa shape index (κ3) is 6.43. The second kappa shape index (κ2) is 10.8. The SMILES string of the molecule is CC(C)Nc1nc(Nc2ccc(N3CCN(C)CC3)cc2)ncc1N=CNc1ccccc1. The van der Waals surface area contributed by atoms with Crippen LogP contribution in [-0.2, 0) is 0 Å². The average Bonchev–Trinajstić information content (AvgIpc) is 2.82. The van der Waals surface area contributed by atoms with Crippen LogP contribution in [0.2, 0.25) is 0 Å². The molecule has 2 heterocycles. The summed E-state index contributed by atoms with van der Waals surface area (Å²) in [6.45, 7) is 8.43. The molecule has 33 heavy (non-hydrogen) atoms. The molecule has 1 aliphatic heterocycles. The van der Waals surface area contributed by atoms with E-state index in [1.807, 2.05) is 30.3 Å². The Kier molecular flexibility index (Phi) is 7.36. The summed E-state index contributed by atoms with van der Waals surface area (Å²) in [6.07, 6.45) is 3.38. The molecule has 0 spiro atoms. The van der Waals surface area contributed by atoms with Gasteiger partial charge in [0.05, 0.1) is 12.5 Å². The fraction of sp³-hybridized carbons (Fsp3) is 0.320. The molecule has 0 unspecified atom stereocenters. The highest BCUT2D eigenvalue weighted by molar-refractivity contribution is 5.80. The minimum atomic E-state index is 0.214. The fourth-order valence-electron chi connectivity index (χ4n) is 3.57. The van der Waals surface area contributed by atoms with Crippen LogP contribution < -0.4 is 20.9 Å². The first kappa shape index (κ1) is 22.5. The molecular weight excluding hydrogens is 412 g/mol. The lowest BCUT2D eigenvalue weighted by atomic mass is 10.2. The minimum Gasteiger partial charge on any atom is -0.369 e. The number of hydrogen-bond donors (Lipinski definition) is 3. The van der Waals surface area contributed by atoms with E-state index in [-0.39, 0.29) is 6.04 Å².